The molecule has 0 saturated heterocycles. The van der Waals surface area contributed by atoms with Gasteiger partial charge in [-0.2, -0.15) is 0 Å². The van der Waals surface area contributed by atoms with E-state index in [1.165, 1.54) is 6.42 Å². The summed E-state index contributed by atoms with van der Waals surface area (Å²) in [5.41, 5.74) is 0.347. The van der Waals surface area contributed by atoms with Crippen molar-refractivity contribution in [3.63, 3.8) is 0 Å². The highest BCUT2D eigenvalue weighted by Crippen LogP contribution is 2.31. The molecule has 9 heavy (non-hydrogen) atoms. The first-order valence-corrected chi connectivity index (χ1v) is 3.70. The van der Waals surface area contributed by atoms with Crippen molar-refractivity contribution in [3.8, 4) is 0 Å². The second-order valence-electron chi connectivity index (χ2n) is 3.22. The molecule has 0 aromatic rings. The number of allylic oxidation sites excluding steroid dienone is 1. The fourth-order valence-electron chi connectivity index (χ4n) is 0.788. The summed E-state index contributed by atoms with van der Waals surface area (Å²) in [7, 11) is 0. The Bertz CT molecular complexity index is 92.2. The minimum absolute atomic E-state index is 0.347. The van der Waals surface area contributed by atoms with E-state index in [9.17, 15) is 0 Å². The molecule has 0 radical (unpaired) electrons. The summed E-state index contributed by atoms with van der Waals surface area (Å²) >= 11 is 0. The Balaban J connectivity index is 4.08. The van der Waals surface area contributed by atoms with Crippen molar-refractivity contribution < 1.29 is 0 Å². The van der Waals surface area contributed by atoms with E-state index < -0.39 is 0 Å². The quantitative estimate of drug-likeness (QED) is 0.509. The third-order valence-electron chi connectivity index (χ3n) is 2.55. The molecule has 0 N–H and O–H groups in total. The van der Waals surface area contributed by atoms with Crippen molar-refractivity contribution in [3.05, 3.63) is 12.7 Å². The lowest BCUT2D eigenvalue weighted by Crippen LogP contribution is -2.18. The Kier molecular flexibility index (Phi) is 2.96. The molecule has 0 rings (SSSR count). The molecule has 0 aliphatic carbocycles. The highest BCUT2D eigenvalue weighted by molar-refractivity contribution is 4.92. The van der Waals surface area contributed by atoms with Crippen LogP contribution in [0.5, 0.6) is 0 Å². The average Bonchev–Trinajstić information content (AvgIpc) is 1.86. The van der Waals surface area contributed by atoms with E-state index in [1.54, 1.807) is 0 Å². The van der Waals surface area contributed by atoms with Crippen LogP contribution in [-0.2, 0) is 0 Å². The van der Waals surface area contributed by atoms with Crippen LogP contribution in [0.25, 0.3) is 0 Å². The van der Waals surface area contributed by atoms with Gasteiger partial charge in [-0.1, -0.05) is 33.8 Å². The smallest absolute Gasteiger partial charge is 0.0129 e. The molecular weight excluding hydrogens is 108 g/mol. The Labute approximate surface area is 59.0 Å². The molecule has 0 amide bonds. The van der Waals surface area contributed by atoms with Crippen LogP contribution >= 0.6 is 0 Å². The zero-order chi connectivity index (χ0) is 7.49. The Hall–Kier alpha value is -0.260. The van der Waals surface area contributed by atoms with Gasteiger partial charge in [-0.15, -0.1) is 6.58 Å². The van der Waals surface area contributed by atoms with Gasteiger partial charge in [0.15, 0.2) is 0 Å². The number of hydrogen-bond acceptors (Lipinski definition) is 0. The highest BCUT2D eigenvalue weighted by Gasteiger charge is 2.21. The zero-order valence-electron chi connectivity index (χ0n) is 7.07. The molecule has 1 atom stereocenters. The van der Waals surface area contributed by atoms with E-state index in [-0.39, 0.29) is 0 Å². The fraction of sp³-hybridized carbons (Fsp3) is 0.778. The molecule has 0 aromatic heterocycles. The van der Waals surface area contributed by atoms with Crippen LogP contribution in [0, 0.1) is 11.3 Å². The van der Waals surface area contributed by atoms with Crippen molar-refractivity contribution in [2.24, 2.45) is 11.3 Å². The molecule has 0 spiro atoms. The molecule has 0 aliphatic heterocycles. The lowest BCUT2D eigenvalue weighted by molar-refractivity contribution is 0.288. The van der Waals surface area contributed by atoms with E-state index in [4.69, 9.17) is 0 Å². The van der Waals surface area contributed by atoms with Gasteiger partial charge in [0.25, 0.3) is 0 Å². The SMILES string of the molecule is C=CC(C)(CC)C(C)C. The van der Waals surface area contributed by atoms with E-state index in [0.29, 0.717) is 11.3 Å². The monoisotopic (exact) mass is 126 g/mol. The first-order valence-electron chi connectivity index (χ1n) is 3.70. The molecule has 0 bridgehead atoms. The van der Waals surface area contributed by atoms with Crippen LogP contribution in [0.1, 0.15) is 34.1 Å². The Morgan fingerprint density at radius 3 is 2.00 bits per heavy atom. The van der Waals surface area contributed by atoms with Crippen molar-refractivity contribution in [1.82, 2.24) is 0 Å². The maximum absolute atomic E-state index is 3.82. The zero-order valence-corrected chi connectivity index (χ0v) is 7.07. The lowest BCUT2D eigenvalue weighted by atomic mass is 9.77. The predicted octanol–water partition coefficient (Wildman–Crippen LogP) is 3.24. The van der Waals surface area contributed by atoms with Gasteiger partial charge >= 0.3 is 0 Å². The minimum Gasteiger partial charge on any atom is -0.103 e. The summed E-state index contributed by atoms with van der Waals surface area (Å²) in [5, 5.41) is 0. The molecule has 0 fully saturated rings. The van der Waals surface area contributed by atoms with Crippen molar-refractivity contribution >= 4 is 0 Å². The summed E-state index contributed by atoms with van der Waals surface area (Å²) < 4.78 is 0. The predicted molar refractivity (Wildman–Crippen MR) is 43.4 cm³/mol. The largest absolute Gasteiger partial charge is 0.103 e. The van der Waals surface area contributed by atoms with Crippen LogP contribution in [0.2, 0.25) is 0 Å². The van der Waals surface area contributed by atoms with Crippen molar-refractivity contribution in [1.29, 1.82) is 0 Å². The Morgan fingerprint density at radius 2 is 2.00 bits per heavy atom. The van der Waals surface area contributed by atoms with Crippen molar-refractivity contribution in [2.45, 2.75) is 34.1 Å². The van der Waals surface area contributed by atoms with Gasteiger partial charge in [-0.3, -0.25) is 0 Å². The van der Waals surface area contributed by atoms with E-state index in [2.05, 4.69) is 40.3 Å². The molecule has 1 unspecified atom stereocenters. The summed E-state index contributed by atoms with van der Waals surface area (Å²) in [5.74, 6) is 0.708. The third kappa shape index (κ3) is 1.85. The molecule has 0 heterocycles. The molecule has 0 saturated carbocycles. The summed E-state index contributed by atoms with van der Waals surface area (Å²) in [6, 6.07) is 0. The van der Waals surface area contributed by atoms with Gasteiger partial charge in [0, 0.05) is 0 Å². The molecule has 0 aromatic carbocycles. The van der Waals surface area contributed by atoms with Gasteiger partial charge in [0.05, 0.1) is 0 Å². The summed E-state index contributed by atoms with van der Waals surface area (Å²) in [6.45, 7) is 12.8. The minimum atomic E-state index is 0.347. The fourth-order valence-corrected chi connectivity index (χ4v) is 0.788. The topological polar surface area (TPSA) is 0 Å². The van der Waals surface area contributed by atoms with Crippen LogP contribution in [-0.4, -0.2) is 0 Å². The number of rotatable bonds is 3. The molecule has 0 heteroatoms. The number of hydrogen-bond donors (Lipinski definition) is 0. The normalized spacial score (nSPS) is 17.4. The molecule has 0 aliphatic rings. The first kappa shape index (κ1) is 8.74. The van der Waals surface area contributed by atoms with Gasteiger partial charge in [-0.05, 0) is 17.8 Å². The van der Waals surface area contributed by atoms with Crippen LogP contribution in [0.15, 0.2) is 12.7 Å². The maximum atomic E-state index is 3.82. The summed E-state index contributed by atoms with van der Waals surface area (Å²) in [6.07, 6.45) is 3.26. The second kappa shape index (κ2) is 3.05. The van der Waals surface area contributed by atoms with Gasteiger partial charge in [0.2, 0.25) is 0 Å². The van der Waals surface area contributed by atoms with Gasteiger partial charge in [0.1, 0.15) is 0 Å². The Morgan fingerprint density at radius 1 is 1.56 bits per heavy atom. The lowest BCUT2D eigenvalue weighted by Gasteiger charge is -2.28. The van der Waals surface area contributed by atoms with Crippen LogP contribution in [0.3, 0.4) is 0 Å². The van der Waals surface area contributed by atoms with E-state index in [0.717, 1.165) is 0 Å². The molecular formula is C9H18. The van der Waals surface area contributed by atoms with Crippen LogP contribution in [0.4, 0.5) is 0 Å². The molecule has 54 valence electrons. The van der Waals surface area contributed by atoms with E-state index in [1.807, 2.05) is 0 Å². The highest BCUT2D eigenvalue weighted by atomic mass is 14.3. The van der Waals surface area contributed by atoms with Gasteiger partial charge in [-0.25, -0.2) is 0 Å². The first-order chi connectivity index (χ1) is 4.06. The summed E-state index contributed by atoms with van der Waals surface area (Å²) in [4.78, 5) is 0. The second-order valence-corrected chi connectivity index (χ2v) is 3.22. The molecule has 0 nitrogen and oxygen atoms in total. The van der Waals surface area contributed by atoms with E-state index >= 15 is 0 Å². The third-order valence-corrected chi connectivity index (χ3v) is 2.55. The maximum Gasteiger partial charge on any atom is -0.0129 e. The standard InChI is InChI=1S/C9H18/c1-6-9(5,7-2)8(3)4/h6,8H,1,7H2,2-5H3. The average molecular weight is 126 g/mol. The van der Waals surface area contributed by atoms with Crippen molar-refractivity contribution in [2.75, 3.05) is 0 Å². The van der Waals surface area contributed by atoms with Gasteiger partial charge < -0.3 is 0 Å². The van der Waals surface area contributed by atoms with Crippen LogP contribution < -0.4 is 0 Å².